The van der Waals surface area contributed by atoms with E-state index in [1.165, 1.54) is 0 Å². The molecule has 0 saturated heterocycles. The van der Waals surface area contributed by atoms with Crippen molar-refractivity contribution < 1.29 is 4.79 Å². The summed E-state index contributed by atoms with van der Waals surface area (Å²) < 4.78 is 0. The average Bonchev–Trinajstić information content (AvgIpc) is 2.25. The number of thiocarbonyl (C=S) groups is 1. The Morgan fingerprint density at radius 2 is 2.00 bits per heavy atom. The number of nitrogens with one attached hydrogen (secondary N) is 1. The van der Waals surface area contributed by atoms with E-state index in [1.807, 2.05) is 24.3 Å². The van der Waals surface area contributed by atoms with Crippen LogP contribution in [0.1, 0.15) is 12.0 Å². The Hall–Kier alpha value is -1.13. The molecule has 0 saturated carbocycles. The number of hydrogen-bond donors (Lipinski definition) is 2. The Bertz CT molecular complexity index is 378. The molecule has 0 spiro atoms. The van der Waals surface area contributed by atoms with Crippen molar-refractivity contribution in [3.8, 4) is 0 Å². The molecule has 0 radical (unpaired) electrons. The Morgan fingerprint density at radius 3 is 2.56 bits per heavy atom. The predicted molar refractivity (Wildman–Crippen MR) is 69.6 cm³/mol. The van der Waals surface area contributed by atoms with Crippen molar-refractivity contribution in [1.82, 2.24) is 5.32 Å². The van der Waals surface area contributed by atoms with E-state index in [0.717, 1.165) is 5.56 Å². The van der Waals surface area contributed by atoms with E-state index in [1.54, 1.807) is 0 Å². The normalized spacial score (nSPS) is 9.81. The van der Waals surface area contributed by atoms with Crippen molar-refractivity contribution >= 4 is 34.7 Å². The molecule has 0 fully saturated rings. The van der Waals surface area contributed by atoms with Gasteiger partial charge in [-0.1, -0.05) is 36.0 Å². The fourth-order valence-electron chi connectivity index (χ4n) is 1.18. The van der Waals surface area contributed by atoms with Gasteiger partial charge >= 0.3 is 0 Å². The van der Waals surface area contributed by atoms with Crippen LogP contribution in [-0.4, -0.2) is 17.4 Å². The molecular formula is C11H13ClN2OS. The minimum atomic E-state index is -0.0530. The Kier molecular flexibility index (Phi) is 5.22. The first-order valence-corrected chi connectivity index (χ1v) is 5.66. The molecule has 0 aliphatic heterocycles. The molecule has 16 heavy (non-hydrogen) atoms. The number of hydrogen-bond acceptors (Lipinski definition) is 2. The summed E-state index contributed by atoms with van der Waals surface area (Å²) in [5.74, 6) is -0.0530. The summed E-state index contributed by atoms with van der Waals surface area (Å²) in [6.45, 7) is 0.259. The van der Waals surface area contributed by atoms with Gasteiger partial charge < -0.3 is 11.1 Å². The van der Waals surface area contributed by atoms with E-state index in [-0.39, 0.29) is 12.5 Å². The highest BCUT2D eigenvalue weighted by Crippen LogP contribution is 2.10. The molecule has 0 aliphatic rings. The predicted octanol–water partition coefficient (Wildman–Crippen LogP) is 1.67. The third-order valence-electron chi connectivity index (χ3n) is 2.01. The lowest BCUT2D eigenvalue weighted by atomic mass is 10.1. The number of rotatable bonds is 5. The van der Waals surface area contributed by atoms with Crippen LogP contribution in [0.4, 0.5) is 0 Å². The highest BCUT2D eigenvalue weighted by Gasteiger charge is 2.02. The van der Waals surface area contributed by atoms with Gasteiger partial charge in [0.2, 0.25) is 5.91 Å². The van der Waals surface area contributed by atoms with Crippen LogP contribution in [0, 0.1) is 0 Å². The number of carbonyl (C=O) groups is 1. The molecule has 86 valence electrons. The van der Waals surface area contributed by atoms with Gasteiger partial charge in [0.25, 0.3) is 0 Å². The van der Waals surface area contributed by atoms with E-state index in [0.29, 0.717) is 22.9 Å². The van der Waals surface area contributed by atoms with Crippen LogP contribution in [0.15, 0.2) is 24.3 Å². The number of carbonyl (C=O) groups excluding carboxylic acids is 1. The number of nitrogens with two attached hydrogens (primary N) is 1. The fourth-order valence-corrected chi connectivity index (χ4v) is 1.38. The molecule has 0 aromatic heterocycles. The molecule has 5 heteroatoms. The minimum absolute atomic E-state index is 0.0530. The van der Waals surface area contributed by atoms with Gasteiger partial charge in [0.15, 0.2) is 0 Å². The number of benzene rings is 1. The second kappa shape index (κ2) is 6.45. The minimum Gasteiger partial charge on any atom is -0.392 e. The second-order valence-corrected chi connectivity index (χ2v) is 4.33. The van der Waals surface area contributed by atoms with Crippen molar-refractivity contribution in [2.75, 3.05) is 6.54 Å². The Morgan fingerprint density at radius 1 is 1.38 bits per heavy atom. The standard InChI is InChI=1S/C11H13ClN2OS/c12-9-4-1-8(2-5-9)3-6-11(15)14-7-10(13)16/h1-2,4-5H,3,6-7H2,(H2,13,16)(H,14,15). The quantitative estimate of drug-likeness (QED) is 0.788. The monoisotopic (exact) mass is 256 g/mol. The molecule has 0 unspecified atom stereocenters. The van der Waals surface area contributed by atoms with Crippen LogP contribution < -0.4 is 11.1 Å². The summed E-state index contributed by atoms with van der Waals surface area (Å²) in [5, 5.41) is 3.33. The first kappa shape index (κ1) is 12.9. The SMILES string of the molecule is NC(=S)CNC(=O)CCc1ccc(Cl)cc1. The molecule has 1 rings (SSSR count). The fraction of sp³-hybridized carbons (Fsp3) is 0.273. The van der Waals surface area contributed by atoms with E-state index >= 15 is 0 Å². The maximum Gasteiger partial charge on any atom is 0.220 e. The molecule has 1 aromatic carbocycles. The second-order valence-electron chi connectivity index (χ2n) is 3.37. The summed E-state index contributed by atoms with van der Waals surface area (Å²) in [7, 11) is 0. The number of amides is 1. The molecular weight excluding hydrogens is 244 g/mol. The summed E-state index contributed by atoms with van der Waals surface area (Å²) in [4.78, 5) is 11.6. The molecule has 0 atom stereocenters. The van der Waals surface area contributed by atoms with Gasteiger partial charge in [-0.2, -0.15) is 0 Å². The van der Waals surface area contributed by atoms with Crippen LogP contribution in [0.3, 0.4) is 0 Å². The van der Waals surface area contributed by atoms with E-state index in [9.17, 15) is 4.79 Å². The van der Waals surface area contributed by atoms with E-state index in [4.69, 9.17) is 17.3 Å². The lowest BCUT2D eigenvalue weighted by molar-refractivity contribution is -0.120. The summed E-state index contributed by atoms with van der Waals surface area (Å²) in [5.41, 5.74) is 6.35. The van der Waals surface area contributed by atoms with Crippen molar-refractivity contribution in [2.24, 2.45) is 5.73 Å². The molecule has 1 amide bonds. The average molecular weight is 257 g/mol. The van der Waals surface area contributed by atoms with Crippen molar-refractivity contribution in [1.29, 1.82) is 0 Å². The van der Waals surface area contributed by atoms with Gasteiger partial charge in [-0.05, 0) is 24.1 Å². The van der Waals surface area contributed by atoms with Gasteiger partial charge in [-0.3, -0.25) is 4.79 Å². The number of halogens is 1. The van der Waals surface area contributed by atoms with Gasteiger partial charge in [-0.15, -0.1) is 0 Å². The zero-order valence-corrected chi connectivity index (χ0v) is 10.3. The summed E-state index contributed by atoms with van der Waals surface area (Å²) in [6, 6.07) is 7.43. The smallest absolute Gasteiger partial charge is 0.220 e. The first-order chi connectivity index (χ1) is 7.58. The topological polar surface area (TPSA) is 55.1 Å². The molecule has 1 aromatic rings. The van der Waals surface area contributed by atoms with Crippen LogP contribution >= 0.6 is 23.8 Å². The van der Waals surface area contributed by atoms with E-state index < -0.39 is 0 Å². The lowest BCUT2D eigenvalue weighted by Gasteiger charge is -2.04. The lowest BCUT2D eigenvalue weighted by Crippen LogP contribution is -2.32. The van der Waals surface area contributed by atoms with Crippen molar-refractivity contribution in [3.05, 3.63) is 34.9 Å². The molecule has 3 N–H and O–H groups in total. The van der Waals surface area contributed by atoms with Gasteiger partial charge in [0.05, 0.1) is 11.5 Å². The van der Waals surface area contributed by atoms with Crippen LogP contribution in [0.25, 0.3) is 0 Å². The zero-order valence-electron chi connectivity index (χ0n) is 8.70. The van der Waals surface area contributed by atoms with Crippen molar-refractivity contribution in [3.63, 3.8) is 0 Å². The third-order valence-corrected chi connectivity index (χ3v) is 2.41. The van der Waals surface area contributed by atoms with Gasteiger partial charge in [0.1, 0.15) is 0 Å². The highest BCUT2D eigenvalue weighted by atomic mass is 35.5. The first-order valence-electron chi connectivity index (χ1n) is 4.87. The van der Waals surface area contributed by atoms with Crippen LogP contribution in [0.5, 0.6) is 0 Å². The molecule has 0 heterocycles. The molecule has 0 aliphatic carbocycles. The maximum absolute atomic E-state index is 11.3. The summed E-state index contributed by atoms with van der Waals surface area (Å²) >= 11 is 10.4. The third kappa shape index (κ3) is 5.09. The van der Waals surface area contributed by atoms with Gasteiger partial charge in [0, 0.05) is 11.4 Å². The van der Waals surface area contributed by atoms with Crippen molar-refractivity contribution in [2.45, 2.75) is 12.8 Å². The van der Waals surface area contributed by atoms with Gasteiger partial charge in [-0.25, -0.2) is 0 Å². The summed E-state index contributed by atoms with van der Waals surface area (Å²) in [6.07, 6.45) is 1.10. The zero-order chi connectivity index (χ0) is 12.0. The molecule has 3 nitrogen and oxygen atoms in total. The van der Waals surface area contributed by atoms with Crippen LogP contribution in [0.2, 0.25) is 5.02 Å². The Labute approximate surface area is 105 Å². The Balaban J connectivity index is 2.31. The van der Waals surface area contributed by atoms with Crippen LogP contribution in [-0.2, 0) is 11.2 Å². The highest BCUT2D eigenvalue weighted by molar-refractivity contribution is 7.80. The largest absolute Gasteiger partial charge is 0.392 e. The molecule has 0 bridgehead atoms. The maximum atomic E-state index is 11.3. The van der Waals surface area contributed by atoms with E-state index in [2.05, 4.69) is 17.5 Å². The number of aryl methyl sites for hydroxylation is 1.